The number of nitrogens with zero attached hydrogens (tertiary/aromatic N) is 1. The molecule has 0 spiro atoms. The summed E-state index contributed by atoms with van der Waals surface area (Å²) >= 11 is 0. The highest BCUT2D eigenvalue weighted by molar-refractivity contribution is 5.78. The maximum atomic E-state index is 11.3. The number of nitrogens with one attached hydrogen (secondary N) is 1. The third-order valence-corrected chi connectivity index (χ3v) is 3.84. The van der Waals surface area contributed by atoms with Gasteiger partial charge in [-0.15, -0.1) is 0 Å². The third kappa shape index (κ3) is 5.36. The van der Waals surface area contributed by atoms with Crippen LogP contribution in [0.25, 0.3) is 0 Å². The van der Waals surface area contributed by atoms with Gasteiger partial charge in [0.1, 0.15) is 5.54 Å². The van der Waals surface area contributed by atoms with E-state index in [9.17, 15) is 9.90 Å². The van der Waals surface area contributed by atoms with Gasteiger partial charge in [-0.1, -0.05) is 27.2 Å². The predicted molar refractivity (Wildman–Crippen MR) is 76.0 cm³/mol. The number of carboxylic acid groups (broad SMARTS) is 1. The van der Waals surface area contributed by atoms with E-state index >= 15 is 0 Å². The van der Waals surface area contributed by atoms with Crippen molar-refractivity contribution in [2.45, 2.75) is 58.4 Å². The predicted octanol–water partition coefficient (Wildman–Crippen LogP) is 2.34. The van der Waals surface area contributed by atoms with Crippen molar-refractivity contribution in [2.24, 2.45) is 0 Å². The maximum Gasteiger partial charge on any atom is 0.323 e. The molecule has 0 heterocycles. The second kappa shape index (κ2) is 9.34. The number of carboxylic acids is 1. The summed E-state index contributed by atoms with van der Waals surface area (Å²) in [5, 5.41) is 12.3. The molecule has 0 fully saturated rings. The lowest BCUT2D eigenvalue weighted by Crippen LogP contribution is -2.50. The van der Waals surface area contributed by atoms with Crippen LogP contribution in [0.5, 0.6) is 0 Å². The van der Waals surface area contributed by atoms with Crippen LogP contribution in [0.2, 0.25) is 0 Å². The lowest BCUT2D eigenvalue weighted by Gasteiger charge is -2.29. The van der Waals surface area contributed by atoms with Crippen LogP contribution in [-0.4, -0.2) is 48.2 Å². The van der Waals surface area contributed by atoms with E-state index < -0.39 is 11.5 Å². The molecule has 0 amide bonds. The van der Waals surface area contributed by atoms with E-state index in [-0.39, 0.29) is 0 Å². The van der Waals surface area contributed by atoms with Crippen molar-refractivity contribution < 1.29 is 9.90 Å². The molecule has 0 aromatic rings. The lowest BCUT2D eigenvalue weighted by atomic mass is 9.90. The fourth-order valence-corrected chi connectivity index (χ4v) is 2.26. The van der Waals surface area contributed by atoms with E-state index in [0.717, 1.165) is 26.1 Å². The summed E-state index contributed by atoms with van der Waals surface area (Å²) in [5.41, 5.74) is -0.746. The monoisotopic (exact) mass is 258 g/mol. The van der Waals surface area contributed by atoms with Crippen LogP contribution in [-0.2, 0) is 4.79 Å². The minimum Gasteiger partial charge on any atom is -0.480 e. The van der Waals surface area contributed by atoms with Crippen molar-refractivity contribution in [1.29, 1.82) is 0 Å². The van der Waals surface area contributed by atoms with Gasteiger partial charge in [0.05, 0.1) is 0 Å². The second-order valence-electron chi connectivity index (χ2n) is 4.88. The second-order valence-corrected chi connectivity index (χ2v) is 4.88. The molecule has 0 aromatic heterocycles. The summed E-state index contributed by atoms with van der Waals surface area (Å²) in [6, 6.07) is 0. The van der Waals surface area contributed by atoms with Crippen LogP contribution in [0, 0.1) is 0 Å². The highest BCUT2D eigenvalue weighted by Gasteiger charge is 2.34. The van der Waals surface area contributed by atoms with Gasteiger partial charge in [-0.3, -0.25) is 4.79 Å². The lowest BCUT2D eigenvalue weighted by molar-refractivity contribution is -0.145. The summed E-state index contributed by atoms with van der Waals surface area (Å²) in [5.74, 6) is -0.732. The van der Waals surface area contributed by atoms with Crippen LogP contribution < -0.4 is 5.32 Å². The van der Waals surface area contributed by atoms with Gasteiger partial charge in [-0.25, -0.2) is 0 Å². The largest absolute Gasteiger partial charge is 0.480 e. The minimum absolute atomic E-state index is 0.625. The first-order valence-electron chi connectivity index (χ1n) is 7.20. The third-order valence-electron chi connectivity index (χ3n) is 3.84. The van der Waals surface area contributed by atoms with Gasteiger partial charge in [0.2, 0.25) is 0 Å². The zero-order valence-electron chi connectivity index (χ0n) is 12.5. The van der Waals surface area contributed by atoms with Crippen molar-refractivity contribution in [3.63, 3.8) is 0 Å². The molecule has 0 rings (SSSR count). The molecule has 0 bridgehead atoms. The molecule has 0 saturated heterocycles. The quantitative estimate of drug-likeness (QED) is 0.597. The van der Waals surface area contributed by atoms with Crippen LogP contribution in [0.3, 0.4) is 0 Å². The van der Waals surface area contributed by atoms with Crippen molar-refractivity contribution in [2.75, 3.05) is 26.7 Å². The molecule has 4 heteroatoms. The van der Waals surface area contributed by atoms with Crippen molar-refractivity contribution in [3.8, 4) is 0 Å². The first-order chi connectivity index (χ1) is 8.56. The standard InChI is InChI=1S/C14H30N2O2/c1-5-8-11-16(7-3)12-9-10-14(6-2,15-4)13(17)18/h15H,5-12H2,1-4H3,(H,17,18). The summed E-state index contributed by atoms with van der Waals surface area (Å²) in [6.45, 7) is 9.45. The summed E-state index contributed by atoms with van der Waals surface area (Å²) in [6.07, 6.45) is 4.68. The minimum atomic E-state index is -0.746. The van der Waals surface area contributed by atoms with Crippen LogP contribution >= 0.6 is 0 Å². The number of aliphatic carboxylic acids is 1. The molecule has 0 aromatic carbocycles. The number of hydrogen-bond donors (Lipinski definition) is 2. The van der Waals surface area contributed by atoms with Gasteiger partial charge in [0.25, 0.3) is 0 Å². The molecule has 1 unspecified atom stereocenters. The molecular formula is C14H30N2O2. The topological polar surface area (TPSA) is 52.6 Å². The Labute approximate surface area is 112 Å². The van der Waals surface area contributed by atoms with Gasteiger partial charge in [0, 0.05) is 0 Å². The Balaban J connectivity index is 4.16. The highest BCUT2D eigenvalue weighted by Crippen LogP contribution is 2.17. The van der Waals surface area contributed by atoms with Gasteiger partial charge in [-0.05, 0) is 52.4 Å². The van der Waals surface area contributed by atoms with Crippen molar-refractivity contribution >= 4 is 5.97 Å². The Hall–Kier alpha value is -0.610. The van der Waals surface area contributed by atoms with E-state index in [0.29, 0.717) is 12.8 Å². The summed E-state index contributed by atoms with van der Waals surface area (Å²) < 4.78 is 0. The van der Waals surface area contributed by atoms with E-state index in [1.54, 1.807) is 7.05 Å². The van der Waals surface area contributed by atoms with Crippen LogP contribution in [0.4, 0.5) is 0 Å². The number of likely N-dealkylation sites (N-methyl/N-ethyl adjacent to an activating group) is 1. The molecule has 0 aliphatic heterocycles. The fourth-order valence-electron chi connectivity index (χ4n) is 2.26. The molecule has 1 atom stereocenters. The Bertz CT molecular complexity index is 228. The Morgan fingerprint density at radius 2 is 1.83 bits per heavy atom. The maximum absolute atomic E-state index is 11.3. The summed E-state index contributed by atoms with van der Waals surface area (Å²) in [4.78, 5) is 13.7. The SMILES string of the molecule is CCCCN(CC)CCCC(CC)(NC)C(=O)O. The van der Waals surface area contributed by atoms with E-state index in [1.807, 2.05) is 6.92 Å². The molecule has 108 valence electrons. The Kier molecular flexibility index (Phi) is 9.02. The van der Waals surface area contributed by atoms with Gasteiger partial charge in [-0.2, -0.15) is 0 Å². The molecule has 0 radical (unpaired) electrons. The Morgan fingerprint density at radius 1 is 1.22 bits per heavy atom. The van der Waals surface area contributed by atoms with E-state index in [2.05, 4.69) is 24.1 Å². The fraction of sp³-hybridized carbons (Fsp3) is 0.929. The molecule has 0 aliphatic rings. The zero-order chi connectivity index (χ0) is 14.0. The first-order valence-corrected chi connectivity index (χ1v) is 7.20. The molecule has 2 N–H and O–H groups in total. The van der Waals surface area contributed by atoms with Crippen molar-refractivity contribution in [1.82, 2.24) is 10.2 Å². The normalized spacial score (nSPS) is 14.7. The average Bonchev–Trinajstić information content (AvgIpc) is 2.38. The molecule has 18 heavy (non-hydrogen) atoms. The number of carbonyl (C=O) groups is 1. The number of unbranched alkanes of at least 4 members (excludes halogenated alkanes) is 1. The number of hydrogen-bond acceptors (Lipinski definition) is 3. The number of rotatable bonds is 11. The highest BCUT2D eigenvalue weighted by atomic mass is 16.4. The molecule has 0 aliphatic carbocycles. The van der Waals surface area contributed by atoms with Gasteiger partial charge in [0.15, 0.2) is 0 Å². The van der Waals surface area contributed by atoms with Gasteiger partial charge < -0.3 is 15.3 Å². The molecule has 4 nitrogen and oxygen atoms in total. The van der Waals surface area contributed by atoms with Crippen LogP contribution in [0.15, 0.2) is 0 Å². The molecular weight excluding hydrogens is 228 g/mol. The zero-order valence-corrected chi connectivity index (χ0v) is 12.5. The van der Waals surface area contributed by atoms with E-state index in [1.165, 1.54) is 12.8 Å². The molecule has 0 saturated carbocycles. The van der Waals surface area contributed by atoms with Crippen LogP contribution in [0.1, 0.15) is 52.9 Å². The van der Waals surface area contributed by atoms with E-state index in [4.69, 9.17) is 0 Å². The first kappa shape index (κ1) is 17.4. The Morgan fingerprint density at radius 3 is 2.22 bits per heavy atom. The summed E-state index contributed by atoms with van der Waals surface area (Å²) in [7, 11) is 1.74. The van der Waals surface area contributed by atoms with Crippen molar-refractivity contribution in [3.05, 3.63) is 0 Å². The smallest absolute Gasteiger partial charge is 0.323 e. The average molecular weight is 258 g/mol. The van der Waals surface area contributed by atoms with Gasteiger partial charge >= 0.3 is 5.97 Å².